The number of hydrogen-bond acceptors (Lipinski definition) is 1. The van der Waals surface area contributed by atoms with Crippen LogP contribution in [-0.4, -0.2) is 6.54 Å². The van der Waals surface area contributed by atoms with Crippen molar-refractivity contribution in [2.45, 2.75) is 47.0 Å². The van der Waals surface area contributed by atoms with Crippen molar-refractivity contribution in [3.63, 3.8) is 0 Å². The van der Waals surface area contributed by atoms with Gasteiger partial charge in [-0.1, -0.05) is 31.6 Å². The largest absolute Gasteiger partial charge is 0.385 e. The van der Waals surface area contributed by atoms with E-state index < -0.39 is 0 Å². The Hall–Kier alpha value is -1.24. The third-order valence-corrected chi connectivity index (χ3v) is 3.40. The van der Waals surface area contributed by atoms with Gasteiger partial charge >= 0.3 is 0 Å². The van der Waals surface area contributed by atoms with Crippen LogP contribution in [0.25, 0.3) is 0 Å². The molecule has 0 saturated carbocycles. The minimum absolute atomic E-state index is 0.687. The smallest absolute Gasteiger partial charge is 0.0370 e. The molecule has 1 N–H and O–H groups in total. The first kappa shape index (κ1) is 14.8. The summed E-state index contributed by atoms with van der Waals surface area (Å²) in [5.41, 5.74) is 5.31. The summed E-state index contributed by atoms with van der Waals surface area (Å²) in [5, 5.41) is 3.56. The van der Waals surface area contributed by atoms with Crippen molar-refractivity contribution < 1.29 is 0 Å². The molecule has 1 atom stereocenters. The molecule has 0 saturated heterocycles. The van der Waals surface area contributed by atoms with E-state index in [1.54, 1.807) is 0 Å². The van der Waals surface area contributed by atoms with E-state index >= 15 is 0 Å². The molecule has 0 radical (unpaired) electrons. The zero-order valence-electron chi connectivity index (χ0n) is 12.3. The van der Waals surface area contributed by atoms with Gasteiger partial charge in [-0.05, 0) is 56.2 Å². The van der Waals surface area contributed by atoms with Crippen LogP contribution in [-0.2, 0) is 6.42 Å². The summed E-state index contributed by atoms with van der Waals surface area (Å²) in [4.78, 5) is 0. The molecule has 1 aromatic carbocycles. The monoisotopic (exact) mass is 245 g/mol. The zero-order chi connectivity index (χ0) is 13.5. The van der Waals surface area contributed by atoms with E-state index in [1.165, 1.54) is 28.8 Å². The maximum atomic E-state index is 3.96. The van der Waals surface area contributed by atoms with Gasteiger partial charge in [0.2, 0.25) is 0 Å². The van der Waals surface area contributed by atoms with Crippen LogP contribution in [0.15, 0.2) is 30.4 Å². The number of aryl methyl sites for hydroxylation is 2. The van der Waals surface area contributed by atoms with Crippen molar-refractivity contribution in [2.75, 3.05) is 11.9 Å². The molecule has 0 aliphatic heterocycles. The predicted octanol–water partition coefficient (Wildman–Crippen LogP) is 4.96. The third-order valence-electron chi connectivity index (χ3n) is 3.40. The first-order valence-corrected chi connectivity index (χ1v) is 7.00. The summed E-state index contributed by atoms with van der Waals surface area (Å²) in [6.45, 7) is 13.8. The molecule has 0 heterocycles. The predicted molar refractivity (Wildman–Crippen MR) is 82.3 cm³/mol. The van der Waals surface area contributed by atoms with E-state index in [-0.39, 0.29) is 0 Å². The molecular formula is C17H27N. The lowest BCUT2D eigenvalue weighted by molar-refractivity contribution is 0.558. The highest BCUT2D eigenvalue weighted by molar-refractivity contribution is 5.52. The second kappa shape index (κ2) is 7.25. The minimum atomic E-state index is 0.687. The normalized spacial score (nSPS) is 12.2. The van der Waals surface area contributed by atoms with E-state index in [4.69, 9.17) is 0 Å². The molecule has 0 aliphatic carbocycles. The minimum Gasteiger partial charge on any atom is -0.385 e. The van der Waals surface area contributed by atoms with E-state index in [2.05, 4.69) is 57.8 Å². The lowest BCUT2D eigenvalue weighted by Crippen LogP contribution is -2.12. The molecule has 18 heavy (non-hydrogen) atoms. The Labute approximate surface area is 112 Å². The molecular weight excluding hydrogens is 218 g/mol. The zero-order valence-corrected chi connectivity index (χ0v) is 12.3. The van der Waals surface area contributed by atoms with E-state index in [9.17, 15) is 0 Å². The summed E-state index contributed by atoms with van der Waals surface area (Å²) in [7, 11) is 0. The fraction of sp³-hybridized carbons (Fsp3) is 0.529. The third kappa shape index (κ3) is 4.95. The average Bonchev–Trinajstić information content (AvgIpc) is 2.34. The molecule has 0 fully saturated rings. The van der Waals surface area contributed by atoms with Crippen LogP contribution >= 0.6 is 0 Å². The quantitative estimate of drug-likeness (QED) is 0.669. The van der Waals surface area contributed by atoms with Gasteiger partial charge in [0.25, 0.3) is 0 Å². The molecule has 0 amide bonds. The number of allylic oxidation sites excluding steroid dienone is 1. The fourth-order valence-electron chi connectivity index (χ4n) is 2.02. The average molecular weight is 245 g/mol. The summed E-state index contributed by atoms with van der Waals surface area (Å²) in [5.74, 6) is 0.687. The van der Waals surface area contributed by atoms with Gasteiger partial charge in [-0.15, -0.1) is 6.58 Å². The second-order valence-corrected chi connectivity index (χ2v) is 5.48. The summed E-state index contributed by atoms with van der Waals surface area (Å²) >= 11 is 0. The van der Waals surface area contributed by atoms with Gasteiger partial charge in [-0.3, -0.25) is 0 Å². The maximum absolute atomic E-state index is 3.96. The van der Waals surface area contributed by atoms with Gasteiger partial charge in [0.1, 0.15) is 0 Å². The SMILES string of the molecule is C=C(C)CCC(C)CNc1ccc(CC)cc1C. The Kier molecular flexibility index (Phi) is 5.97. The number of hydrogen-bond donors (Lipinski definition) is 1. The second-order valence-electron chi connectivity index (χ2n) is 5.48. The van der Waals surface area contributed by atoms with Crippen molar-refractivity contribution in [2.24, 2.45) is 5.92 Å². The highest BCUT2D eigenvalue weighted by atomic mass is 14.9. The molecule has 0 spiro atoms. The molecule has 0 aromatic heterocycles. The Morgan fingerprint density at radius 3 is 2.67 bits per heavy atom. The van der Waals surface area contributed by atoms with Crippen LogP contribution in [0.1, 0.15) is 44.7 Å². The summed E-state index contributed by atoms with van der Waals surface area (Å²) in [6, 6.07) is 6.70. The molecule has 1 unspecified atom stereocenters. The summed E-state index contributed by atoms with van der Waals surface area (Å²) in [6.07, 6.45) is 3.46. The van der Waals surface area contributed by atoms with Gasteiger partial charge in [0.05, 0.1) is 0 Å². The molecule has 1 aromatic rings. The van der Waals surface area contributed by atoms with Crippen molar-refractivity contribution >= 4 is 5.69 Å². The first-order valence-electron chi connectivity index (χ1n) is 7.00. The molecule has 1 heteroatoms. The summed E-state index contributed by atoms with van der Waals surface area (Å²) < 4.78 is 0. The van der Waals surface area contributed by atoms with Crippen molar-refractivity contribution in [1.82, 2.24) is 0 Å². The number of anilines is 1. The van der Waals surface area contributed by atoms with Gasteiger partial charge in [0.15, 0.2) is 0 Å². The number of nitrogens with one attached hydrogen (secondary N) is 1. The van der Waals surface area contributed by atoms with Crippen molar-refractivity contribution in [3.05, 3.63) is 41.5 Å². The van der Waals surface area contributed by atoms with Crippen LogP contribution in [0, 0.1) is 12.8 Å². The maximum Gasteiger partial charge on any atom is 0.0370 e. The lowest BCUT2D eigenvalue weighted by Gasteiger charge is -2.15. The highest BCUT2D eigenvalue weighted by Crippen LogP contribution is 2.18. The van der Waals surface area contributed by atoms with Crippen LogP contribution in [0.4, 0.5) is 5.69 Å². The van der Waals surface area contributed by atoms with Gasteiger partial charge in [0, 0.05) is 12.2 Å². The highest BCUT2D eigenvalue weighted by Gasteiger charge is 2.04. The van der Waals surface area contributed by atoms with Gasteiger partial charge in [-0.25, -0.2) is 0 Å². The first-order chi connectivity index (χ1) is 8.52. The molecule has 1 nitrogen and oxygen atoms in total. The standard InChI is InChI=1S/C17H27N/c1-6-16-9-10-17(15(5)11-16)18-12-14(4)8-7-13(2)3/h9-11,14,18H,2,6-8,12H2,1,3-5H3. The van der Waals surface area contributed by atoms with Gasteiger partial charge in [-0.2, -0.15) is 0 Å². The Balaban J connectivity index is 2.45. The van der Waals surface area contributed by atoms with Crippen LogP contribution in [0.5, 0.6) is 0 Å². The lowest BCUT2D eigenvalue weighted by atomic mass is 10.0. The molecule has 1 rings (SSSR count). The topological polar surface area (TPSA) is 12.0 Å². The van der Waals surface area contributed by atoms with E-state index in [0.717, 1.165) is 19.4 Å². The van der Waals surface area contributed by atoms with Crippen molar-refractivity contribution in [3.8, 4) is 0 Å². The number of rotatable bonds is 7. The van der Waals surface area contributed by atoms with Crippen LogP contribution in [0.3, 0.4) is 0 Å². The fourth-order valence-corrected chi connectivity index (χ4v) is 2.02. The van der Waals surface area contributed by atoms with E-state index in [0.29, 0.717) is 5.92 Å². The van der Waals surface area contributed by atoms with Gasteiger partial charge < -0.3 is 5.32 Å². The van der Waals surface area contributed by atoms with Crippen molar-refractivity contribution in [1.29, 1.82) is 0 Å². The number of benzene rings is 1. The van der Waals surface area contributed by atoms with Crippen LogP contribution < -0.4 is 5.32 Å². The Morgan fingerprint density at radius 1 is 1.39 bits per heavy atom. The van der Waals surface area contributed by atoms with Crippen LogP contribution in [0.2, 0.25) is 0 Å². The van der Waals surface area contributed by atoms with E-state index in [1.807, 2.05) is 0 Å². The molecule has 0 aliphatic rings. The molecule has 100 valence electrons. The Morgan fingerprint density at radius 2 is 2.11 bits per heavy atom. The molecule has 0 bridgehead atoms. The Bertz CT molecular complexity index is 393.